The van der Waals surface area contributed by atoms with Crippen LogP contribution in [-0.4, -0.2) is 18.1 Å². The van der Waals surface area contributed by atoms with Gasteiger partial charge in [0.05, 0.1) is 18.4 Å². The third kappa shape index (κ3) is 2.18. The summed E-state index contributed by atoms with van der Waals surface area (Å²) in [5.41, 5.74) is 3.28. The first-order chi connectivity index (χ1) is 8.24. The molecule has 0 aliphatic carbocycles. The molecule has 86 valence electrons. The van der Waals surface area contributed by atoms with Crippen molar-refractivity contribution in [3.8, 4) is 11.3 Å². The molecule has 0 aliphatic heterocycles. The van der Waals surface area contributed by atoms with E-state index in [1.165, 1.54) is 7.11 Å². The zero-order valence-electron chi connectivity index (χ0n) is 9.81. The fourth-order valence-corrected chi connectivity index (χ4v) is 1.77. The summed E-state index contributed by atoms with van der Waals surface area (Å²) in [7, 11) is 1.38. The Morgan fingerprint density at radius 3 is 2.65 bits per heavy atom. The van der Waals surface area contributed by atoms with Crippen LogP contribution < -0.4 is 0 Å². The quantitative estimate of drug-likeness (QED) is 0.740. The van der Waals surface area contributed by atoms with Crippen molar-refractivity contribution in [2.75, 3.05) is 7.11 Å². The summed E-state index contributed by atoms with van der Waals surface area (Å²) in [6, 6.07) is 11.2. The smallest absolute Gasteiger partial charge is 0.338 e. The maximum Gasteiger partial charge on any atom is 0.338 e. The van der Waals surface area contributed by atoms with Crippen LogP contribution in [0.3, 0.4) is 0 Å². The van der Waals surface area contributed by atoms with Gasteiger partial charge >= 0.3 is 5.97 Å². The van der Waals surface area contributed by atoms with E-state index in [1.54, 1.807) is 12.3 Å². The summed E-state index contributed by atoms with van der Waals surface area (Å²) >= 11 is 0. The number of nitrogens with zero attached hydrogens (tertiary/aromatic N) is 1. The van der Waals surface area contributed by atoms with Gasteiger partial charge in [-0.25, -0.2) is 4.79 Å². The molecule has 2 rings (SSSR count). The molecule has 0 radical (unpaired) electrons. The van der Waals surface area contributed by atoms with Crippen LogP contribution in [0.4, 0.5) is 0 Å². The van der Waals surface area contributed by atoms with Crippen LogP contribution in [0, 0.1) is 6.92 Å². The lowest BCUT2D eigenvalue weighted by atomic mass is 10.00. The lowest BCUT2D eigenvalue weighted by Gasteiger charge is -2.09. The van der Waals surface area contributed by atoms with Gasteiger partial charge in [0.25, 0.3) is 0 Å². The predicted molar refractivity (Wildman–Crippen MR) is 65.7 cm³/mol. The van der Waals surface area contributed by atoms with Gasteiger partial charge in [-0.05, 0) is 30.7 Å². The third-order valence-electron chi connectivity index (χ3n) is 2.68. The molecule has 0 spiro atoms. The highest BCUT2D eigenvalue weighted by molar-refractivity contribution is 5.93. The Bertz CT molecular complexity index is 535. The number of pyridine rings is 1. The summed E-state index contributed by atoms with van der Waals surface area (Å²) in [5.74, 6) is -0.319. The lowest BCUT2D eigenvalue weighted by Crippen LogP contribution is -2.04. The fraction of sp³-hybridized carbons (Fsp3) is 0.143. The molecule has 1 aromatic heterocycles. The summed E-state index contributed by atoms with van der Waals surface area (Å²) in [5, 5.41) is 0. The second-order valence-electron chi connectivity index (χ2n) is 3.68. The van der Waals surface area contributed by atoms with Crippen molar-refractivity contribution in [3.63, 3.8) is 0 Å². The zero-order chi connectivity index (χ0) is 12.3. The molecule has 0 atom stereocenters. The average molecular weight is 227 g/mol. The van der Waals surface area contributed by atoms with E-state index in [-0.39, 0.29) is 5.97 Å². The van der Waals surface area contributed by atoms with Gasteiger partial charge in [0, 0.05) is 11.8 Å². The van der Waals surface area contributed by atoms with Crippen molar-refractivity contribution in [1.82, 2.24) is 4.98 Å². The van der Waals surface area contributed by atoms with E-state index < -0.39 is 0 Å². The first-order valence-corrected chi connectivity index (χ1v) is 5.33. The van der Waals surface area contributed by atoms with E-state index in [0.29, 0.717) is 5.56 Å². The number of hydrogen-bond donors (Lipinski definition) is 0. The molecule has 0 bridgehead atoms. The number of hydrogen-bond acceptors (Lipinski definition) is 3. The largest absolute Gasteiger partial charge is 0.465 e. The van der Waals surface area contributed by atoms with Gasteiger partial charge in [-0.1, -0.05) is 18.2 Å². The van der Waals surface area contributed by atoms with Gasteiger partial charge in [0.2, 0.25) is 0 Å². The number of esters is 1. The molecule has 0 fully saturated rings. The highest BCUT2D eigenvalue weighted by Gasteiger charge is 2.12. The summed E-state index contributed by atoms with van der Waals surface area (Å²) < 4.78 is 4.75. The van der Waals surface area contributed by atoms with Crippen LogP contribution in [0.1, 0.15) is 15.9 Å². The zero-order valence-corrected chi connectivity index (χ0v) is 9.81. The molecule has 17 heavy (non-hydrogen) atoms. The predicted octanol–water partition coefficient (Wildman–Crippen LogP) is 2.84. The number of ether oxygens (including phenoxy) is 1. The van der Waals surface area contributed by atoms with Crippen molar-refractivity contribution in [2.45, 2.75) is 6.92 Å². The van der Waals surface area contributed by atoms with Gasteiger partial charge in [0.15, 0.2) is 0 Å². The molecular formula is C14H13NO2. The van der Waals surface area contributed by atoms with Gasteiger partial charge < -0.3 is 4.74 Å². The lowest BCUT2D eigenvalue weighted by molar-refractivity contribution is 0.0600. The van der Waals surface area contributed by atoms with Gasteiger partial charge in [-0.2, -0.15) is 0 Å². The number of benzene rings is 1. The van der Waals surface area contributed by atoms with Gasteiger partial charge in [-0.15, -0.1) is 0 Å². The maximum absolute atomic E-state index is 11.6. The topological polar surface area (TPSA) is 39.2 Å². The Morgan fingerprint density at radius 2 is 2.00 bits per heavy atom. The van der Waals surface area contributed by atoms with Crippen LogP contribution >= 0.6 is 0 Å². The molecule has 0 unspecified atom stereocenters. The summed E-state index contributed by atoms with van der Waals surface area (Å²) in [6.07, 6.45) is 1.74. The Balaban J connectivity index is 2.54. The normalized spacial score (nSPS) is 10.0. The molecule has 0 saturated heterocycles. The van der Waals surface area contributed by atoms with Crippen molar-refractivity contribution in [3.05, 3.63) is 53.7 Å². The minimum atomic E-state index is -0.319. The maximum atomic E-state index is 11.6. The first kappa shape index (κ1) is 11.3. The molecule has 3 heteroatoms. The van der Waals surface area contributed by atoms with Crippen molar-refractivity contribution < 1.29 is 9.53 Å². The fourth-order valence-electron chi connectivity index (χ4n) is 1.77. The molecule has 1 aromatic carbocycles. The van der Waals surface area contributed by atoms with Crippen LogP contribution in [-0.2, 0) is 4.74 Å². The number of rotatable bonds is 2. The second kappa shape index (κ2) is 4.78. The summed E-state index contributed by atoms with van der Waals surface area (Å²) in [6.45, 7) is 1.90. The number of aromatic nitrogens is 1. The summed E-state index contributed by atoms with van der Waals surface area (Å²) in [4.78, 5) is 15.9. The highest BCUT2D eigenvalue weighted by atomic mass is 16.5. The Kier molecular flexibility index (Phi) is 3.19. The Labute approximate surface area is 100 Å². The standard InChI is InChI=1S/C14H13NO2/c1-10-11(13-8-3-4-9-15-13)6-5-7-12(10)14(16)17-2/h3-9H,1-2H3. The van der Waals surface area contributed by atoms with Gasteiger partial charge in [0.1, 0.15) is 0 Å². The molecule has 1 heterocycles. The third-order valence-corrected chi connectivity index (χ3v) is 2.68. The van der Waals surface area contributed by atoms with Crippen LogP contribution in [0.5, 0.6) is 0 Å². The van der Waals surface area contributed by atoms with Gasteiger partial charge in [-0.3, -0.25) is 4.98 Å². The molecule has 2 aromatic rings. The van der Waals surface area contributed by atoms with Crippen molar-refractivity contribution in [1.29, 1.82) is 0 Å². The molecule has 0 amide bonds. The Hall–Kier alpha value is -2.16. The average Bonchev–Trinajstić information content (AvgIpc) is 2.39. The number of methoxy groups -OCH3 is 1. The molecular weight excluding hydrogens is 214 g/mol. The van der Waals surface area contributed by atoms with E-state index in [4.69, 9.17) is 4.74 Å². The number of carbonyl (C=O) groups excluding carboxylic acids is 1. The first-order valence-electron chi connectivity index (χ1n) is 5.33. The second-order valence-corrected chi connectivity index (χ2v) is 3.68. The monoisotopic (exact) mass is 227 g/mol. The molecule has 0 aliphatic rings. The van der Waals surface area contributed by atoms with E-state index in [1.807, 2.05) is 37.3 Å². The van der Waals surface area contributed by atoms with E-state index in [2.05, 4.69) is 4.98 Å². The molecule has 0 saturated carbocycles. The van der Waals surface area contributed by atoms with E-state index in [9.17, 15) is 4.79 Å². The molecule has 0 N–H and O–H groups in total. The van der Waals surface area contributed by atoms with Crippen molar-refractivity contribution >= 4 is 5.97 Å². The van der Waals surface area contributed by atoms with Crippen LogP contribution in [0.15, 0.2) is 42.6 Å². The minimum Gasteiger partial charge on any atom is -0.465 e. The van der Waals surface area contributed by atoms with Crippen molar-refractivity contribution in [2.24, 2.45) is 0 Å². The minimum absolute atomic E-state index is 0.319. The van der Waals surface area contributed by atoms with Crippen LogP contribution in [0.2, 0.25) is 0 Å². The van der Waals surface area contributed by atoms with E-state index >= 15 is 0 Å². The van der Waals surface area contributed by atoms with Crippen LogP contribution in [0.25, 0.3) is 11.3 Å². The highest BCUT2D eigenvalue weighted by Crippen LogP contribution is 2.24. The number of carbonyl (C=O) groups is 1. The van der Waals surface area contributed by atoms with E-state index in [0.717, 1.165) is 16.8 Å². The molecule has 3 nitrogen and oxygen atoms in total. The Morgan fingerprint density at radius 1 is 1.18 bits per heavy atom. The SMILES string of the molecule is COC(=O)c1cccc(-c2ccccn2)c1C.